The molecule has 0 aliphatic heterocycles. The van der Waals surface area contributed by atoms with Gasteiger partial charge < -0.3 is 10.1 Å². The van der Waals surface area contributed by atoms with Crippen LogP contribution in [0.25, 0.3) is 0 Å². The van der Waals surface area contributed by atoms with Crippen molar-refractivity contribution in [1.82, 2.24) is 10.7 Å². The standard InChI is InChI=1S/C12H20N4O/c1-3-14-12(16-13)15-9-8-10-6-4-5-7-11(10)17-2/h4-7H,3,8-9,13H2,1-2H3,(H2,14,15,16). The molecule has 0 fully saturated rings. The topological polar surface area (TPSA) is 71.7 Å². The number of nitrogens with two attached hydrogens (primary N) is 1. The van der Waals surface area contributed by atoms with Crippen LogP contribution in [0.5, 0.6) is 5.75 Å². The molecule has 4 N–H and O–H groups in total. The van der Waals surface area contributed by atoms with Gasteiger partial charge in [-0.05, 0) is 25.0 Å². The molecule has 5 nitrogen and oxygen atoms in total. The highest BCUT2D eigenvalue weighted by atomic mass is 16.5. The van der Waals surface area contributed by atoms with Gasteiger partial charge in [0.05, 0.1) is 7.11 Å². The number of ether oxygens (including phenoxy) is 1. The zero-order valence-corrected chi connectivity index (χ0v) is 10.4. The summed E-state index contributed by atoms with van der Waals surface area (Å²) in [6.45, 7) is 3.44. The molecule has 1 aromatic carbocycles. The molecule has 0 heterocycles. The van der Waals surface area contributed by atoms with Crippen molar-refractivity contribution in [3.63, 3.8) is 0 Å². The van der Waals surface area contributed by atoms with E-state index in [2.05, 4.69) is 15.7 Å². The fourth-order valence-electron chi connectivity index (χ4n) is 1.52. The first kappa shape index (κ1) is 13.3. The summed E-state index contributed by atoms with van der Waals surface area (Å²) >= 11 is 0. The summed E-state index contributed by atoms with van der Waals surface area (Å²) in [6.07, 6.45) is 0.820. The minimum atomic E-state index is 0.613. The van der Waals surface area contributed by atoms with Gasteiger partial charge in [-0.2, -0.15) is 0 Å². The SMILES string of the molecule is CCNC(=NCCc1ccccc1OC)NN. The average molecular weight is 236 g/mol. The van der Waals surface area contributed by atoms with Crippen LogP contribution in [0.1, 0.15) is 12.5 Å². The summed E-state index contributed by atoms with van der Waals surface area (Å²) in [5, 5.41) is 3.03. The number of hydrazine groups is 1. The Balaban J connectivity index is 2.55. The summed E-state index contributed by atoms with van der Waals surface area (Å²) in [5.41, 5.74) is 3.67. The Labute approximate surface area is 102 Å². The molecule has 0 aromatic heterocycles. The van der Waals surface area contributed by atoms with Crippen LogP contribution in [0.2, 0.25) is 0 Å². The van der Waals surface area contributed by atoms with Crippen molar-refractivity contribution in [1.29, 1.82) is 0 Å². The van der Waals surface area contributed by atoms with Crippen LogP contribution >= 0.6 is 0 Å². The maximum atomic E-state index is 5.33. The first-order valence-corrected chi connectivity index (χ1v) is 5.68. The highest BCUT2D eigenvalue weighted by Gasteiger charge is 2.00. The zero-order valence-electron chi connectivity index (χ0n) is 10.4. The molecule has 0 saturated heterocycles. The Kier molecular flexibility index (Phi) is 5.88. The molecular formula is C12H20N4O. The number of aliphatic imine (C=N–C) groups is 1. The number of hydrogen-bond acceptors (Lipinski definition) is 3. The number of benzene rings is 1. The monoisotopic (exact) mass is 236 g/mol. The third kappa shape index (κ3) is 4.32. The molecule has 94 valence electrons. The minimum Gasteiger partial charge on any atom is -0.496 e. The van der Waals surface area contributed by atoms with Gasteiger partial charge in [0, 0.05) is 13.1 Å². The lowest BCUT2D eigenvalue weighted by molar-refractivity contribution is 0.410. The van der Waals surface area contributed by atoms with Crippen LogP contribution in [-0.2, 0) is 6.42 Å². The molecule has 0 aliphatic rings. The lowest BCUT2D eigenvalue weighted by Gasteiger charge is -2.08. The number of methoxy groups -OCH3 is 1. The van der Waals surface area contributed by atoms with Gasteiger partial charge in [-0.3, -0.25) is 10.4 Å². The number of guanidine groups is 1. The molecule has 0 bridgehead atoms. The summed E-state index contributed by atoms with van der Waals surface area (Å²) in [7, 11) is 1.67. The van der Waals surface area contributed by atoms with E-state index in [-0.39, 0.29) is 0 Å². The lowest BCUT2D eigenvalue weighted by atomic mass is 10.1. The van der Waals surface area contributed by atoms with Crippen molar-refractivity contribution in [3.05, 3.63) is 29.8 Å². The van der Waals surface area contributed by atoms with Crippen LogP contribution in [0.15, 0.2) is 29.3 Å². The van der Waals surface area contributed by atoms with E-state index in [0.717, 1.165) is 24.3 Å². The molecule has 5 heteroatoms. The molecule has 0 aliphatic carbocycles. The Bertz CT molecular complexity index is 365. The van der Waals surface area contributed by atoms with Crippen LogP contribution < -0.4 is 21.3 Å². The maximum absolute atomic E-state index is 5.33. The van der Waals surface area contributed by atoms with E-state index >= 15 is 0 Å². The Morgan fingerprint density at radius 3 is 2.82 bits per heavy atom. The average Bonchev–Trinajstić information content (AvgIpc) is 2.38. The van der Waals surface area contributed by atoms with Crippen molar-refractivity contribution in [2.75, 3.05) is 20.2 Å². The van der Waals surface area contributed by atoms with Gasteiger partial charge in [-0.1, -0.05) is 18.2 Å². The van der Waals surface area contributed by atoms with E-state index in [0.29, 0.717) is 12.5 Å². The van der Waals surface area contributed by atoms with Crippen molar-refractivity contribution >= 4 is 5.96 Å². The molecular weight excluding hydrogens is 216 g/mol. The van der Waals surface area contributed by atoms with Crippen molar-refractivity contribution in [2.24, 2.45) is 10.8 Å². The number of nitrogens with zero attached hydrogens (tertiary/aromatic N) is 1. The van der Waals surface area contributed by atoms with Gasteiger partial charge in [-0.15, -0.1) is 0 Å². The van der Waals surface area contributed by atoms with Gasteiger partial charge in [0.2, 0.25) is 5.96 Å². The second-order valence-electron chi connectivity index (χ2n) is 3.47. The van der Waals surface area contributed by atoms with Crippen LogP contribution in [0.4, 0.5) is 0 Å². The normalized spacial score (nSPS) is 11.1. The van der Waals surface area contributed by atoms with E-state index < -0.39 is 0 Å². The van der Waals surface area contributed by atoms with Crippen LogP contribution in [0, 0.1) is 0 Å². The first-order chi connectivity index (χ1) is 8.31. The predicted molar refractivity (Wildman–Crippen MR) is 70.0 cm³/mol. The Hall–Kier alpha value is -1.75. The summed E-state index contributed by atoms with van der Waals surface area (Å²) < 4.78 is 5.27. The molecule has 1 aromatic rings. The van der Waals surface area contributed by atoms with Gasteiger partial charge >= 0.3 is 0 Å². The van der Waals surface area contributed by atoms with Crippen LogP contribution in [-0.4, -0.2) is 26.2 Å². The van der Waals surface area contributed by atoms with Crippen molar-refractivity contribution in [3.8, 4) is 5.75 Å². The highest BCUT2D eigenvalue weighted by Crippen LogP contribution is 2.17. The third-order valence-electron chi connectivity index (χ3n) is 2.32. The van der Waals surface area contributed by atoms with E-state index in [4.69, 9.17) is 10.6 Å². The highest BCUT2D eigenvalue weighted by molar-refractivity contribution is 5.79. The number of rotatable bonds is 5. The summed E-state index contributed by atoms with van der Waals surface area (Å²) in [6, 6.07) is 7.94. The fraction of sp³-hybridized carbons (Fsp3) is 0.417. The smallest absolute Gasteiger partial charge is 0.205 e. The Morgan fingerprint density at radius 2 is 2.18 bits per heavy atom. The molecule has 1 rings (SSSR count). The number of nitrogens with one attached hydrogen (secondary N) is 2. The predicted octanol–water partition coefficient (Wildman–Crippen LogP) is 0.667. The van der Waals surface area contributed by atoms with Gasteiger partial charge in [-0.25, -0.2) is 5.84 Å². The fourth-order valence-corrected chi connectivity index (χ4v) is 1.52. The largest absolute Gasteiger partial charge is 0.496 e. The molecule has 17 heavy (non-hydrogen) atoms. The van der Waals surface area contributed by atoms with Crippen molar-refractivity contribution < 1.29 is 4.74 Å². The molecule has 0 spiro atoms. The maximum Gasteiger partial charge on any atom is 0.205 e. The second kappa shape index (κ2) is 7.51. The zero-order chi connectivity index (χ0) is 12.5. The first-order valence-electron chi connectivity index (χ1n) is 5.68. The van der Waals surface area contributed by atoms with E-state index in [1.807, 2.05) is 31.2 Å². The molecule has 0 amide bonds. The Morgan fingerprint density at radius 1 is 1.41 bits per heavy atom. The number of para-hydroxylation sites is 1. The second-order valence-corrected chi connectivity index (χ2v) is 3.47. The minimum absolute atomic E-state index is 0.613. The molecule has 0 saturated carbocycles. The van der Waals surface area contributed by atoms with Gasteiger partial charge in [0.25, 0.3) is 0 Å². The molecule has 0 atom stereocenters. The van der Waals surface area contributed by atoms with E-state index in [1.165, 1.54) is 0 Å². The third-order valence-corrected chi connectivity index (χ3v) is 2.32. The quantitative estimate of drug-likeness (QED) is 0.304. The van der Waals surface area contributed by atoms with E-state index in [9.17, 15) is 0 Å². The summed E-state index contributed by atoms with van der Waals surface area (Å²) in [4.78, 5) is 4.32. The van der Waals surface area contributed by atoms with Gasteiger partial charge in [0.15, 0.2) is 0 Å². The molecule has 0 unspecified atom stereocenters. The number of hydrogen-bond donors (Lipinski definition) is 3. The lowest BCUT2D eigenvalue weighted by Crippen LogP contribution is -2.41. The molecule has 0 radical (unpaired) electrons. The van der Waals surface area contributed by atoms with Gasteiger partial charge in [0.1, 0.15) is 5.75 Å². The van der Waals surface area contributed by atoms with E-state index in [1.54, 1.807) is 7.11 Å². The summed E-state index contributed by atoms with van der Waals surface area (Å²) in [5.74, 6) is 6.84. The van der Waals surface area contributed by atoms with Crippen LogP contribution in [0.3, 0.4) is 0 Å². The van der Waals surface area contributed by atoms with Crippen molar-refractivity contribution in [2.45, 2.75) is 13.3 Å².